The molecule has 0 radical (unpaired) electrons. The van der Waals surface area contributed by atoms with Crippen LogP contribution in [0.2, 0.25) is 0 Å². The molecule has 2 N–H and O–H groups in total. The Bertz CT molecular complexity index is 723. The molecule has 1 unspecified atom stereocenters. The summed E-state index contributed by atoms with van der Waals surface area (Å²) >= 11 is 0. The Morgan fingerprint density at radius 2 is 2.25 bits per heavy atom. The van der Waals surface area contributed by atoms with Gasteiger partial charge in [0.1, 0.15) is 5.69 Å². The van der Waals surface area contributed by atoms with Crippen molar-refractivity contribution in [1.29, 1.82) is 0 Å². The van der Waals surface area contributed by atoms with Crippen molar-refractivity contribution >= 4 is 0 Å². The van der Waals surface area contributed by atoms with Crippen molar-refractivity contribution in [3.63, 3.8) is 0 Å². The molecule has 0 saturated heterocycles. The van der Waals surface area contributed by atoms with Gasteiger partial charge in [-0.2, -0.15) is 20.5 Å². The molecule has 0 aromatic carbocycles. The molecule has 4 rings (SSSR count). The van der Waals surface area contributed by atoms with E-state index in [-0.39, 0.29) is 6.04 Å². The third kappa shape index (κ3) is 1.63. The van der Waals surface area contributed by atoms with E-state index < -0.39 is 0 Å². The van der Waals surface area contributed by atoms with Crippen LogP contribution in [0.1, 0.15) is 17.4 Å². The van der Waals surface area contributed by atoms with E-state index in [4.69, 9.17) is 0 Å². The molecule has 0 amide bonds. The maximum Gasteiger partial charge on any atom is 0.186 e. The van der Waals surface area contributed by atoms with Crippen molar-refractivity contribution in [3.8, 4) is 11.5 Å². The van der Waals surface area contributed by atoms with Crippen molar-refractivity contribution in [1.82, 2.24) is 45.3 Å². The molecule has 0 bridgehead atoms. The summed E-state index contributed by atoms with van der Waals surface area (Å²) in [5.74, 6) is 1.62. The molecule has 3 aromatic heterocycles. The predicted molar refractivity (Wildman–Crippen MR) is 68.5 cm³/mol. The van der Waals surface area contributed by atoms with Crippen molar-refractivity contribution in [3.05, 3.63) is 30.0 Å². The molecule has 1 aliphatic heterocycles. The quantitative estimate of drug-likeness (QED) is 0.651. The normalized spacial score (nSPS) is 18.1. The summed E-state index contributed by atoms with van der Waals surface area (Å²) in [7, 11) is 1.90. The average Bonchev–Trinajstić information content (AvgIpc) is 3.17. The molecule has 20 heavy (non-hydrogen) atoms. The van der Waals surface area contributed by atoms with Crippen LogP contribution in [0.4, 0.5) is 0 Å². The molecule has 3 aromatic rings. The fraction of sp³-hybridized carbons (Fsp3) is 0.364. The molecule has 0 fully saturated rings. The molecule has 1 aliphatic rings. The third-order valence-corrected chi connectivity index (χ3v) is 3.42. The highest BCUT2D eigenvalue weighted by atomic mass is 15.4. The number of nitrogens with zero attached hydrogens (tertiary/aromatic N) is 7. The molecular formula is C11H13N9. The highest BCUT2D eigenvalue weighted by Gasteiger charge is 2.28. The summed E-state index contributed by atoms with van der Waals surface area (Å²) in [5.41, 5.74) is 1.78. The Morgan fingerprint density at radius 1 is 1.30 bits per heavy atom. The van der Waals surface area contributed by atoms with Crippen molar-refractivity contribution in [2.24, 2.45) is 7.05 Å². The predicted octanol–water partition coefficient (Wildman–Crippen LogP) is -0.511. The standard InChI is InChI=1S/C11H13N9/c1-19-6-7(4-14-19)9-11-17-16-10(8-5-13-18-15-8)20(11)3-2-12-9/h4-6,9,12H,2-3H2,1H3,(H,13,15,18). The Balaban J connectivity index is 1.79. The summed E-state index contributed by atoms with van der Waals surface area (Å²) in [6.45, 7) is 1.65. The Hall–Kier alpha value is -2.55. The first-order valence-corrected chi connectivity index (χ1v) is 6.34. The van der Waals surface area contributed by atoms with Crippen LogP contribution in [-0.2, 0) is 13.6 Å². The number of hydrogen-bond acceptors (Lipinski definition) is 6. The summed E-state index contributed by atoms with van der Waals surface area (Å²) in [6.07, 6.45) is 5.48. The Kier molecular flexibility index (Phi) is 2.39. The topological polar surface area (TPSA) is 102 Å². The van der Waals surface area contributed by atoms with Crippen LogP contribution in [-0.4, -0.2) is 46.5 Å². The van der Waals surface area contributed by atoms with Crippen LogP contribution >= 0.6 is 0 Å². The number of aromatic amines is 1. The van der Waals surface area contributed by atoms with E-state index in [0.717, 1.165) is 30.3 Å². The van der Waals surface area contributed by atoms with Crippen molar-refractivity contribution < 1.29 is 0 Å². The minimum absolute atomic E-state index is 0.00519. The number of aryl methyl sites for hydroxylation is 1. The van der Waals surface area contributed by atoms with Crippen LogP contribution in [0, 0.1) is 0 Å². The molecule has 0 saturated carbocycles. The number of nitrogens with one attached hydrogen (secondary N) is 2. The van der Waals surface area contributed by atoms with Gasteiger partial charge in [0, 0.05) is 31.9 Å². The zero-order valence-corrected chi connectivity index (χ0v) is 10.9. The van der Waals surface area contributed by atoms with Gasteiger partial charge in [-0.05, 0) is 0 Å². The van der Waals surface area contributed by atoms with Crippen LogP contribution in [0.5, 0.6) is 0 Å². The Labute approximate surface area is 114 Å². The lowest BCUT2D eigenvalue weighted by molar-refractivity contribution is 0.457. The third-order valence-electron chi connectivity index (χ3n) is 3.42. The molecule has 9 heteroatoms. The van der Waals surface area contributed by atoms with Crippen molar-refractivity contribution in [2.45, 2.75) is 12.6 Å². The minimum Gasteiger partial charge on any atom is -0.307 e. The van der Waals surface area contributed by atoms with E-state index in [1.807, 2.05) is 19.4 Å². The lowest BCUT2D eigenvalue weighted by atomic mass is 10.1. The number of H-pyrrole nitrogens is 1. The molecule has 0 spiro atoms. The van der Waals surface area contributed by atoms with Gasteiger partial charge in [-0.25, -0.2) is 0 Å². The smallest absolute Gasteiger partial charge is 0.186 e. The van der Waals surface area contributed by atoms with Gasteiger partial charge < -0.3 is 9.88 Å². The second-order valence-electron chi connectivity index (χ2n) is 4.72. The van der Waals surface area contributed by atoms with Gasteiger partial charge in [-0.3, -0.25) is 4.68 Å². The maximum atomic E-state index is 4.31. The van der Waals surface area contributed by atoms with E-state index in [2.05, 4.69) is 40.6 Å². The van der Waals surface area contributed by atoms with E-state index >= 15 is 0 Å². The second-order valence-corrected chi connectivity index (χ2v) is 4.72. The molecule has 102 valence electrons. The van der Waals surface area contributed by atoms with Crippen molar-refractivity contribution in [2.75, 3.05) is 6.54 Å². The minimum atomic E-state index is 0.00519. The first-order valence-electron chi connectivity index (χ1n) is 6.34. The summed E-state index contributed by atoms with van der Waals surface area (Å²) < 4.78 is 3.86. The monoisotopic (exact) mass is 271 g/mol. The van der Waals surface area contributed by atoms with Gasteiger partial charge in [0.25, 0.3) is 0 Å². The highest BCUT2D eigenvalue weighted by Crippen LogP contribution is 2.26. The number of aromatic nitrogens is 8. The lowest BCUT2D eigenvalue weighted by Gasteiger charge is -2.23. The first-order chi connectivity index (χ1) is 9.83. The van der Waals surface area contributed by atoms with Gasteiger partial charge in [-0.1, -0.05) is 0 Å². The van der Waals surface area contributed by atoms with Crippen LogP contribution in [0.15, 0.2) is 18.6 Å². The van der Waals surface area contributed by atoms with Crippen LogP contribution in [0.3, 0.4) is 0 Å². The van der Waals surface area contributed by atoms with Gasteiger partial charge in [-0.15, -0.1) is 10.2 Å². The van der Waals surface area contributed by atoms with Gasteiger partial charge in [0.05, 0.1) is 18.4 Å². The fourth-order valence-electron chi connectivity index (χ4n) is 2.52. The van der Waals surface area contributed by atoms with E-state index in [1.54, 1.807) is 10.9 Å². The zero-order valence-electron chi connectivity index (χ0n) is 10.9. The number of fused-ring (bicyclic) bond motifs is 1. The van der Waals surface area contributed by atoms with Crippen LogP contribution in [0.25, 0.3) is 11.5 Å². The molecule has 0 aliphatic carbocycles. The van der Waals surface area contributed by atoms with E-state index in [1.165, 1.54) is 0 Å². The fourth-order valence-corrected chi connectivity index (χ4v) is 2.52. The maximum absolute atomic E-state index is 4.31. The van der Waals surface area contributed by atoms with E-state index in [0.29, 0.717) is 5.69 Å². The summed E-state index contributed by atoms with van der Waals surface area (Å²) in [5, 5.41) is 26.7. The lowest BCUT2D eigenvalue weighted by Crippen LogP contribution is -2.34. The van der Waals surface area contributed by atoms with Gasteiger partial charge >= 0.3 is 0 Å². The number of hydrogen-bond donors (Lipinski definition) is 2. The highest BCUT2D eigenvalue weighted by molar-refractivity contribution is 5.47. The van der Waals surface area contributed by atoms with Gasteiger partial charge in [0.15, 0.2) is 11.6 Å². The second kappa shape index (κ2) is 4.23. The average molecular weight is 271 g/mol. The zero-order chi connectivity index (χ0) is 13.5. The van der Waals surface area contributed by atoms with Crippen LogP contribution < -0.4 is 5.32 Å². The molecular weight excluding hydrogens is 258 g/mol. The summed E-state index contributed by atoms with van der Waals surface area (Å²) in [6, 6.07) is 0.00519. The molecule has 4 heterocycles. The SMILES string of the molecule is Cn1cc(C2NCCn3c(-c4cn[nH]n4)nnc32)cn1. The molecule has 1 atom stereocenters. The number of rotatable bonds is 2. The largest absolute Gasteiger partial charge is 0.307 e. The molecule has 9 nitrogen and oxygen atoms in total. The van der Waals surface area contributed by atoms with E-state index in [9.17, 15) is 0 Å². The Morgan fingerprint density at radius 3 is 3.00 bits per heavy atom. The van der Waals surface area contributed by atoms with Gasteiger partial charge in [0.2, 0.25) is 0 Å². The first kappa shape index (κ1) is 11.3. The summed E-state index contributed by atoms with van der Waals surface area (Å²) in [4.78, 5) is 0.